The van der Waals surface area contributed by atoms with Gasteiger partial charge < -0.3 is 5.32 Å². The molecule has 2 rings (SSSR count). The van der Waals surface area contributed by atoms with E-state index < -0.39 is 0 Å². The maximum absolute atomic E-state index is 4.45. The molecular formula is C14H18N2S. The summed E-state index contributed by atoms with van der Waals surface area (Å²) in [6.45, 7) is 2.11. The van der Waals surface area contributed by atoms with E-state index in [1.54, 1.807) is 11.3 Å². The number of aromatic nitrogens is 1. The van der Waals surface area contributed by atoms with Crippen molar-refractivity contribution in [3.63, 3.8) is 0 Å². The van der Waals surface area contributed by atoms with Gasteiger partial charge >= 0.3 is 0 Å². The van der Waals surface area contributed by atoms with Crippen molar-refractivity contribution in [1.82, 2.24) is 10.3 Å². The van der Waals surface area contributed by atoms with Crippen LogP contribution >= 0.6 is 11.3 Å². The van der Waals surface area contributed by atoms with Gasteiger partial charge in [0.15, 0.2) is 0 Å². The Morgan fingerprint density at radius 1 is 1.41 bits per heavy atom. The zero-order valence-electron chi connectivity index (χ0n) is 10.3. The summed E-state index contributed by atoms with van der Waals surface area (Å²) in [6.07, 6.45) is 4.08. The summed E-state index contributed by atoms with van der Waals surface area (Å²) in [6, 6.07) is 6.74. The molecule has 0 aliphatic rings. The van der Waals surface area contributed by atoms with Gasteiger partial charge in [0.05, 0.1) is 5.69 Å². The third-order valence-corrected chi connectivity index (χ3v) is 3.68. The van der Waals surface area contributed by atoms with Crippen molar-refractivity contribution in [2.45, 2.75) is 25.8 Å². The highest BCUT2D eigenvalue weighted by molar-refractivity contribution is 7.07. The molecule has 0 radical (unpaired) electrons. The molecule has 0 saturated heterocycles. The van der Waals surface area contributed by atoms with Crippen LogP contribution in [0.25, 0.3) is 0 Å². The van der Waals surface area contributed by atoms with Crippen LogP contribution < -0.4 is 5.32 Å². The molecule has 1 atom stereocenters. The Balaban J connectivity index is 2.01. The second kappa shape index (κ2) is 5.94. The second-order valence-corrected chi connectivity index (χ2v) is 5.05. The maximum Gasteiger partial charge on any atom is 0.0575 e. The van der Waals surface area contributed by atoms with Crippen LogP contribution in [0.15, 0.2) is 35.2 Å². The van der Waals surface area contributed by atoms with E-state index in [1.807, 2.05) is 19.3 Å². The summed E-state index contributed by atoms with van der Waals surface area (Å²) in [7, 11) is 2.00. The van der Waals surface area contributed by atoms with Crippen molar-refractivity contribution in [2.75, 3.05) is 7.05 Å². The molecule has 0 spiro atoms. The number of nitrogens with one attached hydrogen (secondary N) is 1. The Kier molecular flexibility index (Phi) is 4.29. The van der Waals surface area contributed by atoms with Crippen LogP contribution in [0.3, 0.4) is 0 Å². The molecule has 3 heteroatoms. The van der Waals surface area contributed by atoms with Gasteiger partial charge in [0.2, 0.25) is 0 Å². The van der Waals surface area contributed by atoms with Gasteiger partial charge in [0.1, 0.15) is 0 Å². The zero-order chi connectivity index (χ0) is 12.1. The summed E-state index contributed by atoms with van der Waals surface area (Å²) in [5, 5.41) is 7.70. The van der Waals surface area contributed by atoms with E-state index in [0.29, 0.717) is 6.04 Å². The van der Waals surface area contributed by atoms with Crippen LogP contribution in [0.5, 0.6) is 0 Å². The largest absolute Gasteiger partial charge is 0.312 e. The Hall–Kier alpha value is -1.19. The summed E-state index contributed by atoms with van der Waals surface area (Å²) < 4.78 is 0. The first kappa shape index (κ1) is 12.3. The van der Waals surface area contributed by atoms with E-state index in [-0.39, 0.29) is 0 Å². The molecule has 0 aliphatic heterocycles. The smallest absolute Gasteiger partial charge is 0.0575 e. The molecule has 90 valence electrons. The summed E-state index contributed by atoms with van der Waals surface area (Å²) in [5.41, 5.74) is 3.83. The van der Waals surface area contributed by atoms with Crippen LogP contribution in [-0.2, 0) is 6.42 Å². The van der Waals surface area contributed by atoms with Gasteiger partial charge in [-0.1, -0.05) is 0 Å². The normalized spacial score (nSPS) is 12.6. The average molecular weight is 246 g/mol. The van der Waals surface area contributed by atoms with Crippen molar-refractivity contribution >= 4 is 11.3 Å². The van der Waals surface area contributed by atoms with E-state index in [1.165, 1.54) is 11.1 Å². The van der Waals surface area contributed by atoms with Gasteiger partial charge in [-0.3, -0.25) is 4.98 Å². The van der Waals surface area contributed by atoms with Gasteiger partial charge in [-0.2, -0.15) is 11.3 Å². The van der Waals surface area contributed by atoms with Crippen LogP contribution in [0.4, 0.5) is 0 Å². The molecular weight excluding hydrogens is 228 g/mol. The fraction of sp³-hybridized carbons (Fsp3) is 0.357. The molecule has 2 aromatic rings. The monoisotopic (exact) mass is 246 g/mol. The fourth-order valence-electron chi connectivity index (χ4n) is 1.94. The third-order valence-electron chi connectivity index (χ3n) is 2.94. The molecule has 0 bridgehead atoms. The SMILES string of the molecule is CNC(CCc1ccsc1)c1cc(C)ccn1. The molecule has 0 aromatic carbocycles. The van der Waals surface area contributed by atoms with Crippen molar-refractivity contribution in [2.24, 2.45) is 0 Å². The first-order valence-corrected chi connectivity index (χ1v) is 6.85. The van der Waals surface area contributed by atoms with Crippen LogP contribution in [-0.4, -0.2) is 12.0 Å². The fourth-order valence-corrected chi connectivity index (χ4v) is 2.64. The number of aryl methyl sites for hydroxylation is 2. The second-order valence-electron chi connectivity index (χ2n) is 4.27. The van der Waals surface area contributed by atoms with Gasteiger partial charge in [-0.05, 0) is 66.9 Å². The molecule has 2 aromatic heterocycles. The lowest BCUT2D eigenvalue weighted by molar-refractivity contribution is 0.536. The number of hydrogen-bond donors (Lipinski definition) is 1. The summed E-state index contributed by atoms with van der Waals surface area (Å²) >= 11 is 1.76. The van der Waals surface area contributed by atoms with E-state index in [2.05, 4.69) is 40.1 Å². The van der Waals surface area contributed by atoms with E-state index in [4.69, 9.17) is 0 Å². The van der Waals surface area contributed by atoms with Gasteiger partial charge in [0.25, 0.3) is 0 Å². The van der Waals surface area contributed by atoms with E-state index in [9.17, 15) is 0 Å². The number of hydrogen-bond acceptors (Lipinski definition) is 3. The summed E-state index contributed by atoms with van der Waals surface area (Å²) in [4.78, 5) is 4.45. The lowest BCUT2D eigenvalue weighted by Gasteiger charge is -2.15. The highest BCUT2D eigenvalue weighted by atomic mass is 32.1. The van der Waals surface area contributed by atoms with Crippen molar-refractivity contribution in [1.29, 1.82) is 0 Å². The minimum absolute atomic E-state index is 0.342. The molecule has 0 fully saturated rings. The van der Waals surface area contributed by atoms with Gasteiger partial charge in [-0.25, -0.2) is 0 Å². The van der Waals surface area contributed by atoms with Gasteiger partial charge in [0, 0.05) is 12.2 Å². The van der Waals surface area contributed by atoms with Crippen molar-refractivity contribution in [3.8, 4) is 0 Å². The third kappa shape index (κ3) is 3.38. The van der Waals surface area contributed by atoms with Crippen molar-refractivity contribution < 1.29 is 0 Å². The molecule has 0 amide bonds. The Morgan fingerprint density at radius 2 is 2.29 bits per heavy atom. The molecule has 1 N–H and O–H groups in total. The molecule has 17 heavy (non-hydrogen) atoms. The topological polar surface area (TPSA) is 24.9 Å². The number of thiophene rings is 1. The number of nitrogens with zero attached hydrogens (tertiary/aromatic N) is 1. The predicted molar refractivity (Wildman–Crippen MR) is 73.4 cm³/mol. The maximum atomic E-state index is 4.45. The number of pyridine rings is 1. The zero-order valence-corrected chi connectivity index (χ0v) is 11.1. The quantitative estimate of drug-likeness (QED) is 0.875. The van der Waals surface area contributed by atoms with Crippen molar-refractivity contribution in [3.05, 3.63) is 52.0 Å². The minimum Gasteiger partial charge on any atom is -0.312 e. The predicted octanol–water partition coefficient (Wildman–Crippen LogP) is 3.34. The summed E-state index contributed by atoms with van der Waals surface area (Å²) in [5.74, 6) is 0. The Bertz CT molecular complexity index is 451. The highest BCUT2D eigenvalue weighted by Gasteiger charge is 2.10. The first-order chi connectivity index (χ1) is 8.29. The lowest BCUT2D eigenvalue weighted by atomic mass is 10.0. The first-order valence-electron chi connectivity index (χ1n) is 5.90. The standard InChI is InChI=1S/C14H18N2S/c1-11-5-7-16-14(9-11)13(15-2)4-3-12-6-8-17-10-12/h5-10,13,15H,3-4H2,1-2H3. The molecule has 0 saturated carbocycles. The Labute approximate surface area is 107 Å². The molecule has 2 heterocycles. The molecule has 2 nitrogen and oxygen atoms in total. The number of rotatable bonds is 5. The minimum atomic E-state index is 0.342. The van der Waals surface area contributed by atoms with Crippen LogP contribution in [0, 0.1) is 6.92 Å². The van der Waals surface area contributed by atoms with Gasteiger partial charge in [-0.15, -0.1) is 0 Å². The molecule has 1 unspecified atom stereocenters. The lowest BCUT2D eigenvalue weighted by Crippen LogP contribution is -2.18. The van der Waals surface area contributed by atoms with Crippen LogP contribution in [0.2, 0.25) is 0 Å². The highest BCUT2D eigenvalue weighted by Crippen LogP contribution is 2.18. The Morgan fingerprint density at radius 3 is 2.94 bits per heavy atom. The van der Waals surface area contributed by atoms with E-state index >= 15 is 0 Å². The van der Waals surface area contributed by atoms with E-state index in [0.717, 1.165) is 18.5 Å². The van der Waals surface area contributed by atoms with Crippen LogP contribution in [0.1, 0.15) is 29.3 Å². The average Bonchev–Trinajstić information content (AvgIpc) is 2.83. The molecule has 0 aliphatic carbocycles.